The van der Waals surface area contributed by atoms with Crippen LogP contribution in [-0.4, -0.2) is 21.8 Å². The van der Waals surface area contributed by atoms with Crippen LogP contribution in [0.15, 0.2) is 29.1 Å². The molecule has 1 aromatic heterocycles. The Balaban J connectivity index is 2.08. The van der Waals surface area contributed by atoms with Crippen molar-refractivity contribution in [3.8, 4) is 5.75 Å². The third-order valence-corrected chi connectivity index (χ3v) is 4.11. The monoisotopic (exact) mass is 329 g/mol. The van der Waals surface area contributed by atoms with Gasteiger partial charge in [0.2, 0.25) is 5.91 Å². The molecular weight excluding hydrogens is 306 g/mol. The lowest BCUT2D eigenvalue weighted by atomic mass is 9.87. The van der Waals surface area contributed by atoms with Crippen molar-refractivity contribution in [2.75, 3.05) is 5.32 Å². The van der Waals surface area contributed by atoms with E-state index in [1.165, 1.54) is 0 Å². The van der Waals surface area contributed by atoms with Crippen molar-refractivity contribution in [2.24, 2.45) is 0 Å². The number of benzene rings is 1. The summed E-state index contributed by atoms with van der Waals surface area (Å²) in [7, 11) is 0. The SMILES string of the molecule is CC(C)Oc1cccc([C@H]2CC(=O)Nc3c2c(=O)[nH]n3C(C)C)c1. The van der Waals surface area contributed by atoms with Gasteiger partial charge in [0.15, 0.2) is 0 Å². The van der Waals surface area contributed by atoms with Crippen molar-refractivity contribution in [3.63, 3.8) is 0 Å². The highest BCUT2D eigenvalue weighted by molar-refractivity contribution is 5.94. The fraction of sp³-hybridized carbons (Fsp3) is 0.444. The van der Waals surface area contributed by atoms with Crippen LogP contribution < -0.4 is 15.6 Å². The highest BCUT2D eigenvalue weighted by atomic mass is 16.5. The van der Waals surface area contributed by atoms with Crippen LogP contribution in [0.1, 0.15) is 57.2 Å². The number of H-pyrrole nitrogens is 1. The number of hydrogen-bond acceptors (Lipinski definition) is 3. The van der Waals surface area contributed by atoms with Gasteiger partial charge in [0.1, 0.15) is 11.6 Å². The summed E-state index contributed by atoms with van der Waals surface area (Å²) < 4.78 is 7.46. The van der Waals surface area contributed by atoms with E-state index in [1.54, 1.807) is 4.68 Å². The maximum Gasteiger partial charge on any atom is 0.270 e. The lowest BCUT2D eigenvalue weighted by Crippen LogP contribution is -2.27. The number of anilines is 1. The summed E-state index contributed by atoms with van der Waals surface area (Å²) in [6.07, 6.45) is 0.319. The maximum absolute atomic E-state index is 12.5. The number of carbonyl (C=O) groups excluding carboxylic acids is 1. The highest BCUT2D eigenvalue weighted by Gasteiger charge is 2.33. The minimum absolute atomic E-state index is 0.0520. The van der Waals surface area contributed by atoms with Crippen LogP contribution in [0, 0.1) is 0 Å². The molecule has 6 heteroatoms. The van der Waals surface area contributed by atoms with E-state index in [4.69, 9.17) is 4.74 Å². The molecule has 0 saturated heterocycles. The van der Waals surface area contributed by atoms with Gasteiger partial charge in [0.25, 0.3) is 5.56 Å². The molecule has 128 valence electrons. The second-order valence-corrected chi connectivity index (χ2v) is 6.71. The van der Waals surface area contributed by atoms with Gasteiger partial charge < -0.3 is 10.1 Å². The third-order valence-electron chi connectivity index (χ3n) is 4.11. The Morgan fingerprint density at radius 3 is 2.62 bits per heavy atom. The number of hydrogen-bond donors (Lipinski definition) is 2. The average Bonchev–Trinajstić information content (AvgIpc) is 2.83. The van der Waals surface area contributed by atoms with Gasteiger partial charge in [-0.1, -0.05) is 12.1 Å². The van der Waals surface area contributed by atoms with Crippen molar-refractivity contribution >= 4 is 11.7 Å². The van der Waals surface area contributed by atoms with E-state index in [2.05, 4.69) is 10.4 Å². The molecule has 1 aliphatic heterocycles. The predicted molar refractivity (Wildman–Crippen MR) is 92.7 cm³/mol. The number of ether oxygens (including phenoxy) is 1. The zero-order chi connectivity index (χ0) is 17.4. The summed E-state index contributed by atoms with van der Waals surface area (Å²) in [5, 5.41) is 5.68. The standard InChI is InChI=1S/C18H23N3O3/c1-10(2)21-17-16(18(23)20-21)14(9-15(22)19-17)12-6-5-7-13(8-12)24-11(3)4/h5-8,10-11,14H,9H2,1-4H3,(H,19,22)(H,20,23)/t14-/m1/s1. The molecule has 2 heterocycles. The molecule has 0 spiro atoms. The second-order valence-electron chi connectivity index (χ2n) is 6.71. The van der Waals surface area contributed by atoms with Gasteiger partial charge in [0.05, 0.1) is 11.7 Å². The molecule has 6 nitrogen and oxygen atoms in total. The first-order chi connectivity index (χ1) is 11.4. The summed E-state index contributed by atoms with van der Waals surface area (Å²) in [6.45, 7) is 7.85. The summed E-state index contributed by atoms with van der Waals surface area (Å²) in [4.78, 5) is 24.7. The topological polar surface area (TPSA) is 76.1 Å². The number of amides is 1. The normalized spacial score (nSPS) is 17.1. The average molecular weight is 329 g/mol. The summed E-state index contributed by atoms with van der Waals surface area (Å²) >= 11 is 0. The molecular formula is C18H23N3O3. The molecule has 1 amide bonds. The molecule has 0 saturated carbocycles. The van der Waals surface area contributed by atoms with Gasteiger partial charge in [-0.2, -0.15) is 0 Å². The number of nitrogens with zero attached hydrogens (tertiary/aromatic N) is 1. The van der Waals surface area contributed by atoms with Crippen molar-refractivity contribution < 1.29 is 9.53 Å². The molecule has 0 unspecified atom stereocenters. The third kappa shape index (κ3) is 2.96. The molecule has 1 aromatic carbocycles. The van der Waals surface area contributed by atoms with Gasteiger partial charge >= 0.3 is 0 Å². The van der Waals surface area contributed by atoms with Gasteiger partial charge in [-0.15, -0.1) is 0 Å². The molecule has 3 rings (SSSR count). The Morgan fingerprint density at radius 1 is 1.21 bits per heavy atom. The van der Waals surface area contributed by atoms with Crippen LogP contribution in [-0.2, 0) is 4.79 Å². The quantitative estimate of drug-likeness (QED) is 0.905. The van der Waals surface area contributed by atoms with Crippen molar-refractivity contribution in [2.45, 2.75) is 52.2 Å². The zero-order valence-electron chi connectivity index (χ0n) is 14.4. The van der Waals surface area contributed by atoms with E-state index in [0.29, 0.717) is 11.4 Å². The van der Waals surface area contributed by atoms with Crippen LogP contribution in [0.25, 0.3) is 0 Å². The Labute approximate surface area is 140 Å². The largest absolute Gasteiger partial charge is 0.491 e. The van der Waals surface area contributed by atoms with Crippen LogP contribution in [0.5, 0.6) is 5.75 Å². The van der Waals surface area contributed by atoms with E-state index < -0.39 is 0 Å². The van der Waals surface area contributed by atoms with Crippen LogP contribution in [0.3, 0.4) is 0 Å². The van der Waals surface area contributed by atoms with E-state index in [0.717, 1.165) is 11.3 Å². The van der Waals surface area contributed by atoms with E-state index in [-0.39, 0.29) is 36.0 Å². The number of aromatic amines is 1. The lowest BCUT2D eigenvalue weighted by Gasteiger charge is -2.24. The fourth-order valence-electron chi connectivity index (χ4n) is 3.13. The molecule has 1 atom stereocenters. The number of carbonyl (C=O) groups is 1. The van der Waals surface area contributed by atoms with E-state index >= 15 is 0 Å². The zero-order valence-corrected chi connectivity index (χ0v) is 14.4. The molecule has 0 bridgehead atoms. The summed E-state index contributed by atoms with van der Waals surface area (Å²) in [6, 6.07) is 7.69. The Bertz CT molecular complexity index is 817. The first-order valence-corrected chi connectivity index (χ1v) is 8.27. The summed E-state index contributed by atoms with van der Waals surface area (Å²) in [5.41, 5.74) is 1.38. The lowest BCUT2D eigenvalue weighted by molar-refractivity contribution is -0.116. The first-order valence-electron chi connectivity index (χ1n) is 8.27. The molecule has 1 aliphatic rings. The number of nitrogens with one attached hydrogen (secondary N) is 2. The highest BCUT2D eigenvalue weighted by Crippen LogP contribution is 2.36. The number of rotatable bonds is 4. The molecule has 0 radical (unpaired) electrons. The van der Waals surface area contributed by atoms with Crippen molar-refractivity contribution in [1.29, 1.82) is 0 Å². The smallest absolute Gasteiger partial charge is 0.270 e. The Hall–Kier alpha value is -2.50. The van der Waals surface area contributed by atoms with Gasteiger partial charge in [0, 0.05) is 18.4 Å². The van der Waals surface area contributed by atoms with Crippen molar-refractivity contribution in [1.82, 2.24) is 9.78 Å². The van der Waals surface area contributed by atoms with Crippen LogP contribution in [0.2, 0.25) is 0 Å². The molecule has 0 aliphatic carbocycles. The molecule has 2 N–H and O–H groups in total. The second kappa shape index (κ2) is 6.19. The Kier molecular flexibility index (Phi) is 4.22. The van der Waals surface area contributed by atoms with Gasteiger partial charge in [-0.25, -0.2) is 0 Å². The van der Waals surface area contributed by atoms with Crippen LogP contribution in [0.4, 0.5) is 5.82 Å². The van der Waals surface area contributed by atoms with Gasteiger partial charge in [-0.05, 0) is 45.4 Å². The van der Waals surface area contributed by atoms with E-state index in [1.807, 2.05) is 52.0 Å². The fourth-order valence-corrected chi connectivity index (χ4v) is 3.13. The number of aromatic nitrogens is 2. The number of fused-ring (bicyclic) bond motifs is 1. The van der Waals surface area contributed by atoms with Gasteiger partial charge in [-0.3, -0.25) is 19.4 Å². The Morgan fingerprint density at radius 2 is 1.96 bits per heavy atom. The maximum atomic E-state index is 12.5. The molecule has 2 aromatic rings. The molecule has 24 heavy (non-hydrogen) atoms. The van der Waals surface area contributed by atoms with Crippen LogP contribution >= 0.6 is 0 Å². The van der Waals surface area contributed by atoms with E-state index in [9.17, 15) is 9.59 Å². The predicted octanol–water partition coefficient (Wildman–Crippen LogP) is 3.02. The summed E-state index contributed by atoms with van der Waals surface area (Å²) in [5.74, 6) is 0.963. The molecule has 0 fully saturated rings. The minimum atomic E-state index is -0.270. The first kappa shape index (κ1) is 16.4. The minimum Gasteiger partial charge on any atom is -0.491 e. The van der Waals surface area contributed by atoms with Crippen molar-refractivity contribution in [3.05, 3.63) is 45.7 Å².